The zero-order valence-corrected chi connectivity index (χ0v) is 27.4. The van der Waals surface area contributed by atoms with E-state index in [0.717, 1.165) is 16.8 Å². The molecule has 1 atom stereocenters. The van der Waals surface area contributed by atoms with Gasteiger partial charge in [-0.15, -0.1) is 0 Å². The van der Waals surface area contributed by atoms with Gasteiger partial charge in [0.2, 0.25) is 5.91 Å². The minimum atomic E-state index is -3.25. The number of rotatable bonds is 13. The maximum atomic E-state index is 13.8. The van der Waals surface area contributed by atoms with Crippen molar-refractivity contribution in [3.8, 4) is 17.2 Å². The van der Waals surface area contributed by atoms with Gasteiger partial charge in [0.05, 0.1) is 30.0 Å². The van der Waals surface area contributed by atoms with Crippen LogP contribution in [0.4, 0.5) is 10.1 Å². The fourth-order valence-corrected chi connectivity index (χ4v) is 6.48. The first-order valence-corrected chi connectivity index (χ1v) is 17.8. The van der Waals surface area contributed by atoms with Gasteiger partial charge < -0.3 is 18.9 Å². The van der Waals surface area contributed by atoms with Crippen molar-refractivity contribution in [2.45, 2.75) is 32.2 Å². The molecule has 1 saturated heterocycles. The standard InChI is InChI=1S/C37H37FN4O5S/c1-48(44,45)18-17-31-24-42(37(43)25-40(31)23-32-21-39-27-41(32)22-29-11-7-12-30(38)19-29)35-15-5-6-16-36(35)47-34-14-8-13-33(20-34)46-26-28-9-3-2-4-10-28/h2-16,19-21,27,31H,17-18,22-26H2,1H3/t31-/m0/s1. The van der Waals surface area contributed by atoms with Crippen molar-refractivity contribution in [2.75, 3.05) is 30.0 Å². The number of halogens is 1. The number of imidazole rings is 1. The summed E-state index contributed by atoms with van der Waals surface area (Å²) in [6.45, 7) is 1.54. The van der Waals surface area contributed by atoms with Gasteiger partial charge in [0.15, 0.2) is 5.75 Å². The van der Waals surface area contributed by atoms with Crippen LogP contribution >= 0.6 is 0 Å². The van der Waals surface area contributed by atoms with E-state index in [1.165, 1.54) is 18.4 Å². The number of piperazine rings is 1. The third-order valence-corrected chi connectivity index (χ3v) is 9.19. The van der Waals surface area contributed by atoms with Gasteiger partial charge >= 0.3 is 0 Å². The summed E-state index contributed by atoms with van der Waals surface area (Å²) in [5.74, 6) is 1.22. The predicted molar refractivity (Wildman–Crippen MR) is 182 cm³/mol. The van der Waals surface area contributed by atoms with Crippen LogP contribution in [0.1, 0.15) is 23.2 Å². The van der Waals surface area contributed by atoms with Gasteiger partial charge in [-0.3, -0.25) is 9.69 Å². The largest absolute Gasteiger partial charge is 0.489 e. The molecule has 4 aromatic carbocycles. The topological polar surface area (TPSA) is 94.0 Å². The monoisotopic (exact) mass is 668 g/mol. The van der Waals surface area contributed by atoms with Crippen molar-refractivity contribution < 1.29 is 27.1 Å². The van der Waals surface area contributed by atoms with Crippen LogP contribution in [0.5, 0.6) is 17.2 Å². The number of hydrogen-bond acceptors (Lipinski definition) is 7. The molecule has 1 amide bonds. The number of sulfone groups is 1. The van der Waals surface area contributed by atoms with Crippen LogP contribution in [0.3, 0.4) is 0 Å². The first kappa shape index (κ1) is 32.9. The van der Waals surface area contributed by atoms with Gasteiger partial charge in [0, 0.05) is 44.2 Å². The maximum absolute atomic E-state index is 13.8. The average Bonchev–Trinajstić information content (AvgIpc) is 3.50. The van der Waals surface area contributed by atoms with Crippen LogP contribution in [-0.2, 0) is 34.3 Å². The minimum Gasteiger partial charge on any atom is -0.489 e. The van der Waals surface area contributed by atoms with Crippen LogP contribution in [0, 0.1) is 5.82 Å². The summed E-state index contributed by atoms with van der Waals surface area (Å²) in [5, 5.41) is 0. The molecule has 6 rings (SSSR count). The van der Waals surface area contributed by atoms with E-state index in [-0.39, 0.29) is 36.6 Å². The number of carbonyl (C=O) groups excluding carboxylic acids is 1. The van der Waals surface area contributed by atoms with E-state index in [9.17, 15) is 17.6 Å². The summed E-state index contributed by atoms with van der Waals surface area (Å²) < 4.78 is 52.5. The summed E-state index contributed by atoms with van der Waals surface area (Å²) >= 11 is 0. The first-order chi connectivity index (χ1) is 23.2. The van der Waals surface area contributed by atoms with Crippen molar-refractivity contribution in [1.82, 2.24) is 14.5 Å². The second-order valence-electron chi connectivity index (χ2n) is 11.9. The zero-order chi connectivity index (χ0) is 33.5. The van der Waals surface area contributed by atoms with Crippen LogP contribution in [0.15, 0.2) is 116 Å². The summed E-state index contributed by atoms with van der Waals surface area (Å²) in [7, 11) is -3.25. The van der Waals surface area contributed by atoms with Crippen molar-refractivity contribution in [3.63, 3.8) is 0 Å². The zero-order valence-electron chi connectivity index (χ0n) is 26.6. The Kier molecular flexibility index (Phi) is 10.2. The van der Waals surface area contributed by atoms with Gasteiger partial charge in [0.1, 0.15) is 33.8 Å². The number of para-hydroxylation sites is 2. The Morgan fingerprint density at radius 1 is 0.875 bits per heavy atom. The lowest BCUT2D eigenvalue weighted by Gasteiger charge is -2.41. The molecule has 0 saturated carbocycles. The lowest BCUT2D eigenvalue weighted by atomic mass is 10.1. The van der Waals surface area contributed by atoms with Gasteiger partial charge in [-0.05, 0) is 53.9 Å². The molecule has 1 aliphatic heterocycles. The normalized spacial score (nSPS) is 15.4. The Morgan fingerprint density at radius 3 is 2.44 bits per heavy atom. The molecule has 1 aliphatic rings. The molecule has 2 heterocycles. The third kappa shape index (κ3) is 8.67. The Morgan fingerprint density at radius 2 is 1.62 bits per heavy atom. The number of benzene rings is 4. The van der Waals surface area contributed by atoms with E-state index in [4.69, 9.17) is 9.47 Å². The molecule has 0 unspecified atom stereocenters. The number of ether oxygens (including phenoxy) is 2. The predicted octanol–water partition coefficient (Wildman–Crippen LogP) is 6.09. The summed E-state index contributed by atoms with van der Waals surface area (Å²) in [5.41, 5.74) is 3.27. The Labute approximate surface area is 280 Å². The van der Waals surface area contributed by atoms with Crippen molar-refractivity contribution in [1.29, 1.82) is 0 Å². The van der Waals surface area contributed by atoms with Crippen molar-refractivity contribution in [2.24, 2.45) is 0 Å². The van der Waals surface area contributed by atoms with E-state index < -0.39 is 9.84 Å². The fraction of sp³-hybridized carbons (Fsp3) is 0.243. The highest BCUT2D eigenvalue weighted by atomic mass is 32.2. The molecule has 9 nitrogen and oxygen atoms in total. The van der Waals surface area contributed by atoms with E-state index in [1.54, 1.807) is 29.6 Å². The molecule has 48 heavy (non-hydrogen) atoms. The molecular weight excluding hydrogens is 631 g/mol. The lowest BCUT2D eigenvalue weighted by molar-refractivity contribution is -0.122. The molecule has 0 radical (unpaired) electrons. The second kappa shape index (κ2) is 14.8. The lowest BCUT2D eigenvalue weighted by Crippen LogP contribution is -2.56. The molecule has 0 spiro atoms. The average molecular weight is 669 g/mol. The highest BCUT2D eigenvalue weighted by molar-refractivity contribution is 7.90. The Balaban J connectivity index is 1.20. The molecule has 1 fully saturated rings. The van der Waals surface area contributed by atoms with Crippen molar-refractivity contribution >= 4 is 21.4 Å². The van der Waals surface area contributed by atoms with E-state index >= 15 is 0 Å². The molecule has 5 aromatic rings. The maximum Gasteiger partial charge on any atom is 0.241 e. The first-order valence-electron chi connectivity index (χ1n) is 15.7. The van der Waals surface area contributed by atoms with Gasteiger partial charge in [-0.2, -0.15) is 0 Å². The van der Waals surface area contributed by atoms with Crippen molar-refractivity contribution in [3.05, 3.63) is 138 Å². The van der Waals surface area contributed by atoms with Gasteiger partial charge in [0.25, 0.3) is 0 Å². The molecule has 1 aromatic heterocycles. The highest BCUT2D eigenvalue weighted by Gasteiger charge is 2.35. The third-order valence-electron chi connectivity index (χ3n) is 8.21. The molecule has 0 N–H and O–H groups in total. The number of anilines is 1. The van der Waals surface area contributed by atoms with Gasteiger partial charge in [-0.25, -0.2) is 17.8 Å². The smallest absolute Gasteiger partial charge is 0.241 e. The van der Waals surface area contributed by atoms with Crippen LogP contribution < -0.4 is 14.4 Å². The number of aromatic nitrogens is 2. The van der Waals surface area contributed by atoms with E-state index in [2.05, 4.69) is 4.98 Å². The Bertz CT molecular complexity index is 1970. The number of nitrogens with zero attached hydrogens (tertiary/aromatic N) is 4. The highest BCUT2D eigenvalue weighted by Crippen LogP contribution is 2.35. The van der Waals surface area contributed by atoms with Crippen LogP contribution in [0.25, 0.3) is 0 Å². The van der Waals surface area contributed by atoms with E-state index in [0.29, 0.717) is 49.1 Å². The SMILES string of the molecule is CS(=O)(=O)CC[C@H]1CN(c2ccccc2Oc2cccc(OCc3ccccc3)c2)C(=O)CN1Cc1cncn1Cc1cccc(F)c1. The molecule has 248 valence electrons. The summed E-state index contributed by atoms with van der Waals surface area (Å²) in [4.78, 5) is 21.8. The molecule has 0 bridgehead atoms. The van der Waals surface area contributed by atoms with E-state index in [1.807, 2.05) is 88.3 Å². The van der Waals surface area contributed by atoms with Gasteiger partial charge in [-0.1, -0.05) is 60.7 Å². The number of amides is 1. The number of hydrogen-bond donors (Lipinski definition) is 0. The quantitative estimate of drug-likeness (QED) is 0.150. The number of carbonyl (C=O) groups is 1. The van der Waals surface area contributed by atoms with Crippen LogP contribution in [0.2, 0.25) is 0 Å². The molecule has 0 aliphatic carbocycles. The second-order valence-corrected chi connectivity index (χ2v) is 14.2. The molecule has 11 heteroatoms. The molecular formula is C37H37FN4O5S. The summed E-state index contributed by atoms with van der Waals surface area (Å²) in [6.07, 6.45) is 4.96. The minimum absolute atomic E-state index is 0.0212. The van der Waals surface area contributed by atoms with Crippen LogP contribution in [-0.4, -0.2) is 59.9 Å². The fourth-order valence-electron chi connectivity index (χ4n) is 5.78. The Hall–Kier alpha value is -5.00. The summed E-state index contributed by atoms with van der Waals surface area (Å²) in [6, 6.07) is 30.7.